The van der Waals surface area contributed by atoms with Crippen molar-refractivity contribution in [3.05, 3.63) is 88.2 Å². The van der Waals surface area contributed by atoms with Crippen LogP contribution in [0.15, 0.2) is 67.0 Å². The van der Waals surface area contributed by atoms with Crippen molar-refractivity contribution in [1.29, 1.82) is 0 Å². The number of carbonyl (C=O) groups excluding carboxylic acids is 1. The largest absolute Gasteiger partial charge is 0.493 e. The van der Waals surface area contributed by atoms with Gasteiger partial charge in [0.05, 0.1) is 18.1 Å². The normalized spacial score (nSPS) is 10.2. The van der Waals surface area contributed by atoms with Crippen molar-refractivity contribution in [3.63, 3.8) is 0 Å². The van der Waals surface area contributed by atoms with Crippen molar-refractivity contribution in [3.8, 4) is 17.2 Å². The zero-order valence-electron chi connectivity index (χ0n) is 16.8. The van der Waals surface area contributed by atoms with Gasteiger partial charge in [0.1, 0.15) is 12.4 Å². The van der Waals surface area contributed by atoms with Crippen LogP contribution in [0.25, 0.3) is 0 Å². The first-order valence-electron chi connectivity index (χ1n) is 9.37. The number of nitrogens with one attached hydrogen (secondary N) is 1. The Hall–Kier alpha value is -4.14. The summed E-state index contributed by atoms with van der Waals surface area (Å²) in [6, 6.07) is 14.8. The van der Waals surface area contributed by atoms with Crippen LogP contribution in [0.1, 0.15) is 11.1 Å². The van der Waals surface area contributed by atoms with Crippen LogP contribution >= 0.6 is 0 Å². The van der Waals surface area contributed by atoms with Gasteiger partial charge in [-0.1, -0.05) is 12.1 Å². The number of nitro benzene ring substituents is 1. The van der Waals surface area contributed by atoms with Gasteiger partial charge in [-0.15, -0.1) is 0 Å². The van der Waals surface area contributed by atoms with Crippen LogP contribution in [0.2, 0.25) is 0 Å². The van der Waals surface area contributed by atoms with E-state index in [-0.39, 0.29) is 30.5 Å². The fraction of sp³-hybridized carbons (Fsp3) is 0.182. The Balaban J connectivity index is 1.51. The van der Waals surface area contributed by atoms with Crippen molar-refractivity contribution in [1.82, 2.24) is 10.3 Å². The maximum Gasteiger partial charge on any atom is 0.273 e. The minimum atomic E-state index is -0.523. The molecule has 0 aliphatic rings. The number of non-ortho nitro benzene ring substituents is 1. The van der Waals surface area contributed by atoms with Gasteiger partial charge >= 0.3 is 0 Å². The van der Waals surface area contributed by atoms with Gasteiger partial charge in [-0.3, -0.25) is 19.9 Å². The summed E-state index contributed by atoms with van der Waals surface area (Å²) in [5, 5.41) is 13.5. The lowest BCUT2D eigenvalue weighted by molar-refractivity contribution is -0.384. The summed E-state index contributed by atoms with van der Waals surface area (Å²) in [6.45, 7) is 0.382. The molecular weight excluding hydrogens is 402 g/mol. The molecule has 0 aliphatic carbocycles. The minimum absolute atomic E-state index is 0.101. The molecule has 0 spiro atoms. The van der Waals surface area contributed by atoms with Crippen LogP contribution in [0.3, 0.4) is 0 Å². The van der Waals surface area contributed by atoms with Crippen molar-refractivity contribution < 1.29 is 23.9 Å². The first-order valence-corrected chi connectivity index (χ1v) is 9.37. The molecule has 1 N–H and O–H groups in total. The number of pyridine rings is 1. The van der Waals surface area contributed by atoms with Gasteiger partial charge < -0.3 is 19.5 Å². The smallest absolute Gasteiger partial charge is 0.273 e. The molecule has 0 atom stereocenters. The second-order valence-corrected chi connectivity index (χ2v) is 6.45. The molecule has 1 heterocycles. The Morgan fingerprint density at radius 1 is 1.03 bits per heavy atom. The van der Waals surface area contributed by atoms with E-state index in [1.807, 2.05) is 18.2 Å². The lowest BCUT2D eigenvalue weighted by Crippen LogP contribution is -2.28. The lowest BCUT2D eigenvalue weighted by Gasteiger charge is -2.13. The van der Waals surface area contributed by atoms with Crippen molar-refractivity contribution in [2.24, 2.45) is 0 Å². The number of aromatic nitrogens is 1. The highest BCUT2D eigenvalue weighted by molar-refractivity contribution is 5.77. The summed E-state index contributed by atoms with van der Waals surface area (Å²) in [7, 11) is 1.55. The zero-order valence-corrected chi connectivity index (χ0v) is 16.8. The number of hydrogen-bond acceptors (Lipinski definition) is 7. The van der Waals surface area contributed by atoms with E-state index in [1.54, 1.807) is 37.7 Å². The third kappa shape index (κ3) is 6.43. The summed E-state index contributed by atoms with van der Waals surface area (Å²) in [5.74, 6) is 1.03. The highest BCUT2D eigenvalue weighted by atomic mass is 16.6. The second kappa shape index (κ2) is 10.6. The number of rotatable bonds is 10. The topological polar surface area (TPSA) is 113 Å². The fourth-order valence-corrected chi connectivity index (χ4v) is 2.67. The molecule has 0 unspecified atom stereocenters. The molecule has 0 fully saturated rings. The molecule has 160 valence electrons. The lowest BCUT2D eigenvalue weighted by atomic mass is 10.2. The van der Waals surface area contributed by atoms with Crippen LogP contribution in [-0.4, -0.2) is 29.5 Å². The predicted molar refractivity (Wildman–Crippen MR) is 112 cm³/mol. The molecule has 1 aromatic heterocycles. The maximum atomic E-state index is 12.1. The third-order valence-corrected chi connectivity index (χ3v) is 4.26. The molecule has 3 aromatic rings. The third-order valence-electron chi connectivity index (χ3n) is 4.26. The number of nitro groups is 1. The highest BCUT2D eigenvalue weighted by Crippen LogP contribution is 2.28. The van der Waals surface area contributed by atoms with Gasteiger partial charge in [-0.25, -0.2) is 0 Å². The fourth-order valence-electron chi connectivity index (χ4n) is 2.67. The minimum Gasteiger partial charge on any atom is -0.493 e. The number of benzene rings is 2. The monoisotopic (exact) mass is 423 g/mol. The Bertz CT molecular complexity index is 1040. The zero-order chi connectivity index (χ0) is 22.1. The van der Waals surface area contributed by atoms with Gasteiger partial charge in [0.25, 0.3) is 11.6 Å². The van der Waals surface area contributed by atoms with Crippen LogP contribution < -0.4 is 19.5 Å². The number of amides is 1. The van der Waals surface area contributed by atoms with Gasteiger partial charge in [-0.05, 0) is 41.5 Å². The second-order valence-electron chi connectivity index (χ2n) is 6.45. The van der Waals surface area contributed by atoms with Crippen LogP contribution in [0, 0.1) is 10.1 Å². The summed E-state index contributed by atoms with van der Waals surface area (Å²) >= 11 is 0. The van der Waals surface area contributed by atoms with Crippen molar-refractivity contribution >= 4 is 11.6 Å². The van der Waals surface area contributed by atoms with Crippen molar-refractivity contribution in [2.45, 2.75) is 13.2 Å². The molecule has 0 saturated carbocycles. The molecule has 9 heteroatoms. The number of hydrogen-bond donors (Lipinski definition) is 1. The first kappa shape index (κ1) is 21.6. The molecule has 0 radical (unpaired) electrons. The van der Waals surface area contributed by atoms with E-state index in [9.17, 15) is 14.9 Å². The average Bonchev–Trinajstić information content (AvgIpc) is 2.81. The number of ether oxygens (including phenoxy) is 3. The maximum absolute atomic E-state index is 12.1. The Morgan fingerprint density at radius 2 is 1.84 bits per heavy atom. The van der Waals surface area contributed by atoms with Crippen LogP contribution in [0.4, 0.5) is 5.69 Å². The van der Waals surface area contributed by atoms with Crippen molar-refractivity contribution in [2.75, 3.05) is 13.7 Å². The molecule has 1 amide bonds. The molecule has 0 saturated heterocycles. The Labute approximate surface area is 178 Å². The number of methoxy groups -OCH3 is 1. The number of carbonyl (C=O) groups is 1. The van der Waals surface area contributed by atoms with E-state index in [1.165, 1.54) is 18.2 Å². The average molecular weight is 423 g/mol. The summed E-state index contributed by atoms with van der Waals surface area (Å²) < 4.78 is 16.5. The predicted octanol–water partition coefficient (Wildman–Crippen LogP) is 3.27. The van der Waals surface area contributed by atoms with E-state index >= 15 is 0 Å². The molecule has 2 aromatic carbocycles. The molecule has 9 nitrogen and oxygen atoms in total. The quantitative estimate of drug-likeness (QED) is 0.393. The van der Waals surface area contributed by atoms with Gasteiger partial charge in [0.2, 0.25) is 0 Å². The Morgan fingerprint density at radius 3 is 2.58 bits per heavy atom. The SMILES string of the molecule is COc1cc(CNC(=O)COc2cccc([N+](=O)[O-])c2)ccc1OCc1ccncc1. The number of nitrogens with zero attached hydrogens (tertiary/aromatic N) is 2. The summed E-state index contributed by atoms with van der Waals surface area (Å²) in [6.07, 6.45) is 3.40. The first-order chi connectivity index (χ1) is 15.0. The molecule has 0 bridgehead atoms. The standard InChI is InChI=1S/C22H21N3O6/c1-29-21-11-17(5-6-20(21)31-14-16-7-9-23-10-8-16)13-24-22(26)15-30-19-4-2-3-18(12-19)25(27)28/h2-12H,13-15H2,1H3,(H,24,26). The highest BCUT2D eigenvalue weighted by Gasteiger charge is 2.10. The molecule has 3 rings (SSSR count). The van der Waals surface area contributed by atoms with E-state index in [0.29, 0.717) is 18.1 Å². The van der Waals surface area contributed by atoms with Gasteiger partial charge in [0.15, 0.2) is 18.1 Å². The molecule has 0 aliphatic heterocycles. The van der Waals surface area contributed by atoms with Gasteiger partial charge in [0, 0.05) is 25.0 Å². The molecule has 31 heavy (non-hydrogen) atoms. The van der Waals surface area contributed by atoms with Crippen LogP contribution in [0.5, 0.6) is 17.2 Å². The van der Waals surface area contributed by atoms with Crippen LogP contribution in [-0.2, 0) is 17.9 Å². The summed E-state index contributed by atoms with van der Waals surface area (Å²) in [5.41, 5.74) is 1.70. The molecular formula is C22H21N3O6. The van der Waals surface area contributed by atoms with E-state index in [4.69, 9.17) is 14.2 Å². The van der Waals surface area contributed by atoms with E-state index in [0.717, 1.165) is 11.1 Å². The van der Waals surface area contributed by atoms with E-state index < -0.39 is 4.92 Å². The van der Waals surface area contributed by atoms with Gasteiger partial charge in [-0.2, -0.15) is 0 Å². The van der Waals surface area contributed by atoms with E-state index in [2.05, 4.69) is 10.3 Å². The Kier molecular flexibility index (Phi) is 7.36. The summed E-state index contributed by atoms with van der Waals surface area (Å²) in [4.78, 5) is 26.3.